The van der Waals surface area contributed by atoms with Crippen LogP contribution in [0.5, 0.6) is 0 Å². The van der Waals surface area contributed by atoms with Crippen LogP contribution in [0, 0.1) is 10.1 Å². The van der Waals surface area contributed by atoms with E-state index < -0.39 is 4.92 Å². The molecule has 0 saturated heterocycles. The molecule has 0 saturated carbocycles. The third-order valence-electron chi connectivity index (χ3n) is 1.79. The molecule has 4 nitrogen and oxygen atoms in total. The van der Waals surface area contributed by atoms with Gasteiger partial charge >= 0.3 is 0 Å². The predicted octanol–water partition coefficient (Wildman–Crippen LogP) is 2.91. The normalized spacial score (nSPS) is 9.93. The molecule has 15 heavy (non-hydrogen) atoms. The van der Waals surface area contributed by atoms with E-state index in [1.165, 1.54) is 23.9 Å². The first-order valence-electron chi connectivity index (χ1n) is 4.55. The summed E-state index contributed by atoms with van der Waals surface area (Å²) in [6, 6.07) is 4.36. The quantitative estimate of drug-likeness (QED) is 0.334. The number of nitro groups is 1. The van der Waals surface area contributed by atoms with Crippen molar-refractivity contribution in [3.63, 3.8) is 0 Å². The molecule has 0 radical (unpaired) electrons. The molecular formula is C10H11NO3S. The smallest absolute Gasteiger partial charge is 0.270 e. The SMILES string of the molecule is CCCSc1ccc([N+](=O)[O-])cc1C=O. The molecule has 0 aromatic heterocycles. The minimum Gasteiger partial charge on any atom is -0.298 e. The largest absolute Gasteiger partial charge is 0.298 e. The number of carbonyl (C=O) groups excluding carboxylic acids is 1. The van der Waals surface area contributed by atoms with E-state index in [0.29, 0.717) is 11.8 Å². The number of hydrogen-bond donors (Lipinski definition) is 0. The van der Waals surface area contributed by atoms with Crippen LogP contribution >= 0.6 is 11.8 Å². The van der Waals surface area contributed by atoms with Crippen LogP contribution in [0.2, 0.25) is 0 Å². The second kappa shape index (κ2) is 5.50. The van der Waals surface area contributed by atoms with Gasteiger partial charge in [0.15, 0.2) is 6.29 Å². The Morgan fingerprint density at radius 1 is 1.53 bits per heavy atom. The maximum atomic E-state index is 10.7. The number of rotatable bonds is 5. The number of non-ortho nitro benzene ring substituents is 1. The van der Waals surface area contributed by atoms with Crippen LogP contribution in [0.1, 0.15) is 23.7 Å². The molecule has 5 heteroatoms. The van der Waals surface area contributed by atoms with Crippen molar-refractivity contribution in [2.24, 2.45) is 0 Å². The highest BCUT2D eigenvalue weighted by Gasteiger charge is 2.10. The van der Waals surface area contributed by atoms with Gasteiger partial charge in [-0.2, -0.15) is 0 Å². The molecule has 0 aliphatic rings. The topological polar surface area (TPSA) is 60.2 Å². The molecule has 0 unspecified atom stereocenters. The highest BCUT2D eigenvalue weighted by atomic mass is 32.2. The standard InChI is InChI=1S/C10H11NO3S/c1-2-5-15-10-4-3-9(11(13)14)6-8(10)7-12/h3-4,6-7H,2,5H2,1H3. The summed E-state index contributed by atoms with van der Waals surface area (Å²) in [7, 11) is 0. The lowest BCUT2D eigenvalue weighted by molar-refractivity contribution is -0.384. The van der Waals surface area contributed by atoms with Gasteiger partial charge in [-0.3, -0.25) is 14.9 Å². The molecular weight excluding hydrogens is 214 g/mol. The van der Waals surface area contributed by atoms with Crippen LogP contribution in [0.25, 0.3) is 0 Å². The minimum absolute atomic E-state index is 0.0436. The first-order valence-corrected chi connectivity index (χ1v) is 5.54. The summed E-state index contributed by atoms with van der Waals surface area (Å²) in [6.45, 7) is 2.04. The second-order valence-electron chi connectivity index (χ2n) is 2.95. The average molecular weight is 225 g/mol. The lowest BCUT2D eigenvalue weighted by Gasteiger charge is -2.02. The summed E-state index contributed by atoms with van der Waals surface area (Å²) in [5.74, 6) is 0.901. The molecule has 1 aromatic carbocycles. The molecule has 0 aliphatic carbocycles. The Balaban J connectivity index is 2.98. The van der Waals surface area contributed by atoms with Gasteiger partial charge in [-0.25, -0.2) is 0 Å². The van der Waals surface area contributed by atoms with E-state index in [0.717, 1.165) is 17.1 Å². The van der Waals surface area contributed by atoms with Crippen LogP contribution < -0.4 is 0 Å². The van der Waals surface area contributed by atoms with Crippen molar-refractivity contribution >= 4 is 23.7 Å². The van der Waals surface area contributed by atoms with E-state index in [4.69, 9.17) is 0 Å². The van der Waals surface area contributed by atoms with Gasteiger partial charge in [-0.15, -0.1) is 11.8 Å². The van der Waals surface area contributed by atoms with Gasteiger partial charge in [-0.05, 0) is 18.2 Å². The van der Waals surface area contributed by atoms with E-state index in [1.807, 2.05) is 6.92 Å². The van der Waals surface area contributed by atoms with Crippen molar-refractivity contribution in [2.75, 3.05) is 5.75 Å². The van der Waals surface area contributed by atoms with Crippen LogP contribution in [0.3, 0.4) is 0 Å². The first kappa shape index (κ1) is 11.7. The van der Waals surface area contributed by atoms with Gasteiger partial charge in [0, 0.05) is 22.6 Å². The minimum atomic E-state index is -0.499. The van der Waals surface area contributed by atoms with Gasteiger partial charge in [0.05, 0.1) is 4.92 Å². The Bertz CT molecular complexity index is 379. The second-order valence-corrected chi connectivity index (χ2v) is 4.08. The third kappa shape index (κ3) is 3.06. The molecule has 0 bridgehead atoms. The summed E-state index contributed by atoms with van der Waals surface area (Å²) < 4.78 is 0. The van der Waals surface area contributed by atoms with E-state index in [9.17, 15) is 14.9 Å². The van der Waals surface area contributed by atoms with Crippen LogP contribution in [-0.4, -0.2) is 17.0 Å². The summed E-state index contributed by atoms with van der Waals surface area (Å²) in [6.07, 6.45) is 1.66. The number of nitro benzene ring substituents is 1. The monoisotopic (exact) mass is 225 g/mol. The Morgan fingerprint density at radius 2 is 2.27 bits per heavy atom. The number of carbonyl (C=O) groups is 1. The Kier molecular flexibility index (Phi) is 4.30. The average Bonchev–Trinajstić information content (AvgIpc) is 2.25. The predicted molar refractivity (Wildman–Crippen MR) is 59.5 cm³/mol. The Labute approximate surface area is 91.8 Å². The molecule has 80 valence electrons. The molecule has 1 aromatic rings. The fourth-order valence-electron chi connectivity index (χ4n) is 1.08. The van der Waals surface area contributed by atoms with Crippen molar-refractivity contribution in [1.82, 2.24) is 0 Å². The molecule has 0 aliphatic heterocycles. The van der Waals surface area contributed by atoms with Crippen molar-refractivity contribution in [3.8, 4) is 0 Å². The maximum absolute atomic E-state index is 10.7. The van der Waals surface area contributed by atoms with Crippen molar-refractivity contribution in [1.29, 1.82) is 0 Å². The van der Waals surface area contributed by atoms with Crippen molar-refractivity contribution in [2.45, 2.75) is 18.2 Å². The number of thioether (sulfide) groups is 1. The van der Waals surface area contributed by atoms with Crippen molar-refractivity contribution in [3.05, 3.63) is 33.9 Å². The van der Waals surface area contributed by atoms with E-state index in [-0.39, 0.29) is 5.69 Å². The fourth-order valence-corrected chi connectivity index (χ4v) is 1.95. The summed E-state index contributed by atoms with van der Waals surface area (Å²) in [4.78, 5) is 21.5. The zero-order valence-corrected chi connectivity index (χ0v) is 9.12. The van der Waals surface area contributed by atoms with E-state index >= 15 is 0 Å². The zero-order valence-electron chi connectivity index (χ0n) is 8.30. The lowest BCUT2D eigenvalue weighted by Crippen LogP contribution is -1.92. The van der Waals surface area contributed by atoms with Gasteiger partial charge in [-0.1, -0.05) is 6.92 Å². The van der Waals surface area contributed by atoms with Gasteiger partial charge < -0.3 is 0 Å². The molecule has 0 N–H and O–H groups in total. The third-order valence-corrected chi connectivity index (χ3v) is 3.09. The number of hydrogen-bond acceptors (Lipinski definition) is 4. The van der Waals surface area contributed by atoms with Crippen LogP contribution in [-0.2, 0) is 0 Å². The molecule has 0 heterocycles. The number of benzene rings is 1. The van der Waals surface area contributed by atoms with Crippen molar-refractivity contribution < 1.29 is 9.72 Å². The van der Waals surface area contributed by atoms with Crippen LogP contribution in [0.4, 0.5) is 5.69 Å². The molecule has 0 fully saturated rings. The fraction of sp³-hybridized carbons (Fsp3) is 0.300. The Hall–Kier alpha value is -1.36. The first-order chi connectivity index (χ1) is 7.19. The van der Waals surface area contributed by atoms with Gasteiger partial charge in [0.25, 0.3) is 5.69 Å². The maximum Gasteiger partial charge on any atom is 0.270 e. The highest BCUT2D eigenvalue weighted by molar-refractivity contribution is 7.99. The molecule has 0 amide bonds. The molecule has 0 spiro atoms. The van der Waals surface area contributed by atoms with Crippen LogP contribution in [0.15, 0.2) is 23.1 Å². The molecule has 0 atom stereocenters. The summed E-state index contributed by atoms with van der Waals surface area (Å²) in [5, 5.41) is 10.5. The highest BCUT2D eigenvalue weighted by Crippen LogP contribution is 2.25. The summed E-state index contributed by atoms with van der Waals surface area (Å²) in [5.41, 5.74) is 0.348. The Morgan fingerprint density at radius 3 is 2.80 bits per heavy atom. The lowest BCUT2D eigenvalue weighted by atomic mass is 10.2. The van der Waals surface area contributed by atoms with E-state index in [2.05, 4.69) is 0 Å². The molecule has 1 rings (SSSR count). The summed E-state index contributed by atoms with van der Waals surface area (Å²) >= 11 is 1.54. The van der Waals surface area contributed by atoms with Gasteiger partial charge in [0.2, 0.25) is 0 Å². The number of aldehydes is 1. The number of nitrogens with zero attached hydrogens (tertiary/aromatic N) is 1. The van der Waals surface area contributed by atoms with E-state index in [1.54, 1.807) is 6.07 Å². The zero-order chi connectivity index (χ0) is 11.3. The van der Waals surface area contributed by atoms with Gasteiger partial charge in [0.1, 0.15) is 0 Å².